The summed E-state index contributed by atoms with van der Waals surface area (Å²) in [5.74, 6) is 0. The Morgan fingerprint density at radius 3 is 2.56 bits per heavy atom. The summed E-state index contributed by atoms with van der Waals surface area (Å²) in [5, 5.41) is 6.47. The van der Waals surface area contributed by atoms with Crippen LogP contribution in [-0.4, -0.2) is 31.5 Å². The van der Waals surface area contributed by atoms with Gasteiger partial charge < -0.3 is 0 Å². The van der Waals surface area contributed by atoms with Gasteiger partial charge >= 0.3 is 0 Å². The van der Waals surface area contributed by atoms with E-state index in [9.17, 15) is 0 Å². The van der Waals surface area contributed by atoms with E-state index < -0.39 is 0 Å². The molecule has 0 spiro atoms. The highest BCUT2D eigenvalue weighted by Crippen LogP contribution is 1.88. The second kappa shape index (κ2) is 3.82. The van der Waals surface area contributed by atoms with Crippen LogP contribution in [0.1, 0.15) is 13.3 Å². The maximum absolute atomic E-state index is 3.23. The fraction of sp³-hybridized carbons (Fsp3) is 1.00. The molecule has 3 heteroatoms. The molecule has 0 unspecified atom stereocenters. The van der Waals surface area contributed by atoms with Crippen LogP contribution < -0.4 is 10.6 Å². The Morgan fingerprint density at radius 1 is 1.33 bits per heavy atom. The van der Waals surface area contributed by atoms with E-state index in [-0.39, 0.29) is 0 Å². The molecule has 0 aromatic heterocycles. The van der Waals surface area contributed by atoms with Crippen LogP contribution >= 0.6 is 0 Å². The van der Waals surface area contributed by atoms with Gasteiger partial charge in [0.05, 0.1) is 13.3 Å². The highest BCUT2D eigenvalue weighted by atomic mass is 15.4. The van der Waals surface area contributed by atoms with E-state index in [4.69, 9.17) is 0 Å². The van der Waals surface area contributed by atoms with Gasteiger partial charge in [-0.2, -0.15) is 0 Å². The summed E-state index contributed by atoms with van der Waals surface area (Å²) in [6, 6.07) is 0. The lowest BCUT2D eigenvalue weighted by Gasteiger charge is -2.27. The molecule has 2 N–H and O–H groups in total. The Morgan fingerprint density at radius 2 is 2.00 bits per heavy atom. The summed E-state index contributed by atoms with van der Waals surface area (Å²) >= 11 is 0. The molecular formula is C6H15N3. The van der Waals surface area contributed by atoms with Crippen LogP contribution in [0, 0.1) is 0 Å². The quantitative estimate of drug-likeness (QED) is 0.539. The van der Waals surface area contributed by atoms with E-state index in [1.54, 1.807) is 0 Å². The molecule has 1 aliphatic heterocycles. The summed E-state index contributed by atoms with van der Waals surface area (Å²) < 4.78 is 0. The van der Waals surface area contributed by atoms with Gasteiger partial charge in [0.15, 0.2) is 0 Å². The molecule has 0 radical (unpaired) electrons. The van der Waals surface area contributed by atoms with Crippen molar-refractivity contribution in [3.63, 3.8) is 0 Å². The minimum atomic E-state index is 0.959. The zero-order valence-electron chi connectivity index (χ0n) is 5.98. The van der Waals surface area contributed by atoms with Crippen LogP contribution in [-0.2, 0) is 0 Å². The summed E-state index contributed by atoms with van der Waals surface area (Å²) in [5.41, 5.74) is 0. The first-order valence-electron chi connectivity index (χ1n) is 3.57. The van der Waals surface area contributed by atoms with Crippen molar-refractivity contribution in [3.05, 3.63) is 0 Å². The maximum Gasteiger partial charge on any atom is 0.0502 e. The van der Waals surface area contributed by atoms with Crippen molar-refractivity contribution in [1.29, 1.82) is 0 Å². The molecule has 0 aromatic rings. The van der Waals surface area contributed by atoms with Crippen molar-refractivity contribution >= 4 is 0 Å². The SMILES string of the molecule is CCCN1CNCNC1. The fourth-order valence-electron chi connectivity index (χ4n) is 1.05. The lowest BCUT2D eigenvalue weighted by molar-refractivity contribution is 0.192. The molecule has 0 amide bonds. The van der Waals surface area contributed by atoms with Crippen molar-refractivity contribution in [2.24, 2.45) is 0 Å². The third kappa shape index (κ3) is 2.30. The minimum Gasteiger partial charge on any atom is -0.292 e. The van der Waals surface area contributed by atoms with Crippen molar-refractivity contribution < 1.29 is 0 Å². The maximum atomic E-state index is 3.23. The zero-order chi connectivity index (χ0) is 6.53. The minimum absolute atomic E-state index is 0.959. The second-order valence-corrected chi connectivity index (χ2v) is 2.39. The Labute approximate surface area is 56.4 Å². The standard InChI is InChI=1S/C6H15N3/c1-2-3-9-5-7-4-8-6-9/h7-8H,2-6H2,1H3. The average Bonchev–Trinajstić information content (AvgIpc) is 1.91. The number of hydrogen-bond acceptors (Lipinski definition) is 3. The molecule has 9 heavy (non-hydrogen) atoms. The third-order valence-corrected chi connectivity index (χ3v) is 1.46. The molecule has 3 nitrogen and oxygen atoms in total. The van der Waals surface area contributed by atoms with E-state index in [1.807, 2.05) is 0 Å². The van der Waals surface area contributed by atoms with Crippen LogP contribution in [0.25, 0.3) is 0 Å². The lowest BCUT2D eigenvalue weighted by atomic mass is 10.4. The predicted octanol–water partition coefficient (Wildman–Crippen LogP) is -0.236. The summed E-state index contributed by atoms with van der Waals surface area (Å²) in [6.07, 6.45) is 1.24. The molecule has 1 rings (SSSR count). The van der Waals surface area contributed by atoms with E-state index in [1.165, 1.54) is 13.0 Å². The fourth-order valence-corrected chi connectivity index (χ4v) is 1.05. The number of nitrogens with zero attached hydrogens (tertiary/aromatic N) is 1. The molecule has 1 fully saturated rings. The molecule has 0 saturated carbocycles. The normalized spacial score (nSPS) is 22.3. The first-order chi connectivity index (χ1) is 4.43. The molecule has 1 saturated heterocycles. The molecule has 0 atom stereocenters. The number of nitrogens with one attached hydrogen (secondary N) is 2. The highest BCUT2D eigenvalue weighted by molar-refractivity contribution is 4.58. The van der Waals surface area contributed by atoms with Crippen LogP contribution in [0.3, 0.4) is 0 Å². The summed E-state index contributed by atoms with van der Waals surface area (Å²) in [7, 11) is 0. The topological polar surface area (TPSA) is 27.3 Å². The Hall–Kier alpha value is -0.120. The van der Waals surface area contributed by atoms with Gasteiger partial charge in [-0.3, -0.25) is 15.5 Å². The first kappa shape index (κ1) is 6.99. The van der Waals surface area contributed by atoms with E-state index in [0.717, 1.165) is 20.0 Å². The van der Waals surface area contributed by atoms with Gasteiger partial charge in [-0.15, -0.1) is 0 Å². The van der Waals surface area contributed by atoms with Gasteiger partial charge in [-0.25, -0.2) is 0 Å². The van der Waals surface area contributed by atoms with Gasteiger partial charge in [0.1, 0.15) is 0 Å². The van der Waals surface area contributed by atoms with Crippen molar-refractivity contribution in [2.45, 2.75) is 13.3 Å². The van der Waals surface area contributed by atoms with Crippen LogP contribution in [0.15, 0.2) is 0 Å². The van der Waals surface area contributed by atoms with Crippen LogP contribution in [0.2, 0.25) is 0 Å². The lowest BCUT2D eigenvalue weighted by Crippen LogP contribution is -2.50. The van der Waals surface area contributed by atoms with Crippen molar-refractivity contribution in [3.8, 4) is 0 Å². The van der Waals surface area contributed by atoms with Crippen LogP contribution in [0.4, 0.5) is 0 Å². The molecule has 1 aliphatic rings. The Kier molecular flexibility index (Phi) is 2.97. The molecule has 0 aromatic carbocycles. The van der Waals surface area contributed by atoms with Crippen molar-refractivity contribution in [1.82, 2.24) is 15.5 Å². The zero-order valence-corrected chi connectivity index (χ0v) is 5.98. The third-order valence-electron chi connectivity index (χ3n) is 1.46. The van der Waals surface area contributed by atoms with E-state index in [0.29, 0.717) is 0 Å². The van der Waals surface area contributed by atoms with Crippen molar-refractivity contribution in [2.75, 3.05) is 26.6 Å². The predicted molar refractivity (Wildman–Crippen MR) is 37.9 cm³/mol. The Bertz CT molecular complexity index is 65.9. The van der Waals surface area contributed by atoms with Gasteiger partial charge in [0, 0.05) is 13.2 Å². The van der Waals surface area contributed by atoms with Gasteiger partial charge in [-0.05, 0) is 6.42 Å². The molecule has 54 valence electrons. The van der Waals surface area contributed by atoms with E-state index in [2.05, 4.69) is 22.5 Å². The second-order valence-electron chi connectivity index (χ2n) is 2.39. The summed E-state index contributed by atoms with van der Waals surface area (Å²) in [6.45, 7) is 6.44. The molecule has 1 heterocycles. The van der Waals surface area contributed by atoms with Crippen LogP contribution in [0.5, 0.6) is 0 Å². The number of rotatable bonds is 2. The van der Waals surface area contributed by atoms with Gasteiger partial charge in [0.25, 0.3) is 0 Å². The average molecular weight is 129 g/mol. The highest BCUT2D eigenvalue weighted by Gasteiger charge is 2.05. The summed E-state index contributed by atoms with van der Waals surface area (Å²) in [4.78, 5) is 2.35. The monoisotopic (exact) mass is 129 g/mol. The largest absolute Gasteiger partial charge is 0.292 e. The number of hydrogen-bond donors (Lipinski definition) is 2. The Balaban J connectivity index is 2.08. The van der Waals surface area contributed by atoms with Gasteiger partial charge in [0.2, 0.25) is 0 Å². The smallest absolute Gasteiger partial charge is 0.0502 e. The van der Waals surface area contributed by atoms with E-state index >= 15 is 0 Å². The first-order valence-corrected chi connectivity index (χ1v) is 3.57. The molecule has 0 aliphatic carbocycles. The molecule has 0 bridgehead atoms. The molecular weight excluding hydrogens is 114 g/mol. The van der Waals surface area contributed by atoms with Gasteiger partial charge in [-0.1, -0.05) is 6.92 Å².